The lowest BCUT2D eigenvalue weighted by Gasteiger charge is -2.31. The van der Waals surface area contributed by atoms with Crippen molar-refractivity contribution in [2.24, 2.45) is 11.7 Å². The van der Waals surface area contributed by atoms with E-state index in [0.717, 1.165) is 99.6 Å². The fraction of sp³-hybridized carbons (Fsp3) is 0.349. The van der Waals surface area contributed by atoms with E-state index in [1.165, 1.54) is 59.7 Å². The Hall–Kier alpha value is -7.45. The fourth-order valence-electron chi connectivity index (χ4n) is 10.2. The molecule has 2 heterocycles. The Morgan fingerprint density at radius 2 is 0.844 bits per heavy atom. The van der Waals surface area contributed by atoms with Gasteiger partial charge in [-0.2, -0.15) is 0 Å². The minimum Gasteiger partial charge on any atom is -0.341 e. The second-order valence-corrected chi connectivity index (χ2v) is 20.5. The first-order chi connectivity index (χ1) is 37.3. The van der Waals surface area contributed by atoms with Crippen LogP contribution in [0.5, 0.6) is 0 Å². The molecule has 2 saturated carbocycles. The van der Waals surface area contributed by atoms with Gasteiger partial charge in [-0.05, 0) is 182 Å². The number of likely N-dealkylation sites (tertiary alicyclic amines) is 2. The monoisotopic (exact) mass is 1050 g/mol. The highest BCUT2D eigenvalue weighted by Crippen LogP contribution is 2.50. The highest BCUT2D eigenvalue weighted by Gasteiger charge is 2.38. The van der Waals surface area contributed by atoms with Crippen LogP contribution in [0.25, 0.3) is 22.3 Å². The molecule has 0 unspecified atom stereocenters. The molecule has 10 nitrogen and oxygen atoms in total. The summed E-state index contributed by atoms with van der Waals surface area (Å²) in [4.78, 5) is 66.3. The lowest BCUT2D eigenvalue weighted by Crippen LogP contribution is -2.50. The van der Waals surface area contributed by atoms with Gasteiger partial charge in [-0.15, -0.1) is 0 Å². The molecular weight excluding hydrogens is 983 g/mol. The number of nitrogens with one attached hydrogen (secondary N) is 2. The van der Waals surface area contributed by atoms with E-state index in [9.17, 15) is 41.5 Å². The van der Waals surface area contributed by atoms with Crippen LogP contribution in [0.3, 0.4) is 0 Å². The van der Waals surface area contributed by atoms with Crippen molar-refractivity contribution in [3.05, 3.63) is 191 Å². The van der Waals surface area contributed by atoms with Gasteiger partial charge in [-0.1, -0.05) is 79.2 Å². The Kier molecular flexibility index (Phi) is 19.6. The van der Waals surface area contributed by atoms with Crippen LogP contribution in [-0.4, -0.2) is 84.0 Å². The first-order valence-electron chi connectivity index (χ1n) is 26.9. The van der Waals surface area contributed by atoms with Gasteiger partial charge < -0.3 is 31.0 Å². The zero-order valence-corrected chi connectivity index (χ0v) is 43.2. The predicted molar refractivity (Wildman–Crippen MR) is 291 cm³/mol. The van der Waals surface area contributed by atoms with Crippen molar-refractivity contribution in [3.63, 3.8) is 0 Å². The SMILES string of the molecule is N[C@@H]1C[C@H]1c1ccc(F)cc1.O=C(N[C@@H](CCC[C@@H]1C[C@H]1c1ccc(F)cc1)C(=O)N1CCCCC1)c1ccc(-c2ccc(F)cc2)cc1.O=CC[C@H](NC(=O)c1ccc(-c2ccc(F)cc2)cc1)C(=O)N1CCCCC1. The van der Waals surface area contributed by atoms with Gasteiger partial charge >= 0.3 is 0 Å². The van der Waals surface area contributed by atoms with Crippen LogP contribution in [0.4, 0.5) is 17.6 Å². The molecule has 6 aromatic carbocycles. The number of amides is 4. The van der Waals surface area contributed by atoms with E-state index in [1.54, 1.807) is 65.6 Å². The summed E-state index contributed by atoms with van der Waals surface area (Å²) in [6.07, 6.45) is 11.3. The van der Waals surface area contributed by atoms with Gasteiger partial charge in [-0.25, -0.2) is 17.6 Å². The number of halogens is 4. The van der Waals surface area contributed by atoms with E-state index in [-0.39, 0.29) is 47.4 Å². The molecule has 0 bridgehead atoms. The molecule has 2 aliphatic carbocycles. The molecule has 6 atom stereocenters. The van der Waals surface area contributed by atoms with Crippen molar-refractivity contribution in [3.8, 4) is 22.3 Å². The first-order valence-corrected chi connectivity index (χ1v) is 26.9. The van der Waals surface area contributed by atoms with Crippen molar-refractivity contribution in [2.45, 2.75) is 107 Å². The van der Waals surface area contributed by atoms with Gasteiger partial charge in [-0.3, -0.25) is 19.2 Å². The number of nitrogens with zero attached hydrogens (tertiary/aromatic N) is 2. The van der Waals surface area contributed by atoms with Crippen LogP contribution >= 0.6 is 0 Å². The van der Waals surface area contributed by atoms with Gasteiger partial charge in [0.05, 0.1) is 0 Å². The molecule has 4 amide bonds. The molecule has 10 rings (SSSR count). The second kappa shape index (κ2) is 27.0. The van der Waals surface area contributed by atoms with Crippen LogP contribution in [-0.2, 0) is 14.4 Å². The summed E-state index contributed by atoms with van der Waals surface area (Å²) in [6, 6.07) is 38.6. The van der Waals surface area contributed by atoms with Gasteiger partial charge in [0.25, 0.3) is 11.8 Å². The minimum absolute atomic E-state index is 0.00636. The number of carbonyl (C=O) groups is 5. The first kappa shape index (κ1) is 55.8. The van der Waals surface area contributed by atoms with Gasteiger partial charge in [0.2, 0.25) is 11.8 Å². The Labute approximate surface area is 448 Å². The summed E-state index contributed by atoms with van der Waals surface area (Å²) in [6.45, 7) is 2.81. The molecule has 0 aromatic heterocycles. The number of carbonyl (C=O) groups excluding carboxylic acids is 5. The van der Waals surface area contributed by atoms with E-state index in [2.05, 4.69) is 10.6 Å². The fourth-order valence-corrected chi connectivity index (χ4v) is 10.2. The third-order valence-corrected chi connectivity index (χ3v) is 14.9. The number of aldehydes is 1. The summed E-state index contributed by atoms with van der Waals surface area (Å²) < 4.78 is 52.0. The Morgan fingerprint density at radius 1 is 0.494 bits per heavy atom. The second-order valence-electron chi connectivity index (χ2n) is 20.5. The van der Waals surface area contributed by atoms with Gasteiger partial charge in [0.1, 0.15) is 41.6 Å². The van der Waals surface area contributed by atoms with E-state index in [0.29, 0.717) is 60.7 Å². The molecule has 14 heteroatoms. The summed E-state index contributed by atoms with van der Waals surface area (Å²) in [5.74, 6) is -0.369. The maximum absolute atomic E-state index is 13.4. The maximum atomic E-state index is 13.4. The largest absolute Gasteiger partial charge is 0.341 e. The molecule has 2 saturated heterocycles. The van der Waals surface area contributed by atoms with Crippen molar-refractivity contribution < 1.29 is 41.5 Å². The smallest absolute Gasteiger partial charge is 0.251 e. The van der Waals surface area contributed by atoms with E-state index in [4.69, 9.17) is 5.73 Å². The molecule has 0 radical (unpaired) electrons. The van der Waals surface area contributed by atoms with Crippen molar-refractivity contribution >= 4 is 29.9 Å². The average Bonchev–Trinajstić information content (AvgIpc) is 4.41. The molecule has 0 spiro atoms. The molecule has 2 aliphatic heterocycles. The number of hydrogen-bond donors (Lipinski definition) is 3. The number of benzene rings is 6. The molecule has 6 aromatic rings. The number of nitrogens with two attached hydrogens (primary N) is 1. The van der Waals surface area contributed by atoms with Gasteiger partial charge in [0.15, 0.2) is 0 Å². The number of rotatable bonds is 16. The van der Waals surface area contributed by atoms with Crippen molar-refractivity contribution in [1.29, 1.82) is 0 Å². The third kappa shape index (κ3) is 16.0. The highest BCUT2D eigenvalue weighted by molar-refractivity contribution is 5.99. The molecule has 402 valence electrons. The standard InChI is InChI=1S/C32H34F2N2O2.C22H23FN2O3.C9H10FN/c33-27-15-11-23(12-16-27)22-7-9-25(10-8-22)31(37)35-30(32(38)36-19-2-1-3-20-36)6-4-5-26-21-29(26)24-13-17-28(34)18-14-24;23-19-10-8-17(9-11-19)16-4-6-18(7-5-16)21(27)24-20(12-15-26)22(28)25-13-2-1-3-14-25;10-7-3-1-6(2-4-7)8-5-9(8)11/h7-18,26,29-30H,1-6,19-21H2,(H,35,37);4-11,15,20H,1-3,12-14H2,(H,24,27);1-4,8-9H,5,11H2/t26-,29+,30+;20-;8-,9+/m100/s1. The van der Waals surface area contributed by atoms with Crippen LogP contribution < -0.4 is 16.4 Å². The van der Waals surface area contributed by atoms with Crippen molar-refractivity contribution in [1.82, 2.24) is 20.4 Å². The average molecular weight is 1050 g/mol. The lowest BCUT2D eigenvalue weighted by molar-refractivity contribution is -0.135. The molecule has 4 N–H and O–H groups in total. The Balaban J connectivity index is 0.000000175. The predicted octanol–water partition coefficient (Wildman–Crippen LogP) is 11.5. The van der Waals surface area contributed by atoms with Crippen molar-refractivity contribution in [2.75, 3.05) is 26.2 Å². The third-order valence-electron chi connectivity index (χ3n) is 14.9. The highest BCUT2D eigenvalue weighted by atomic mass is 19.1. The zero-order valence-electron chi connectivity index (χ0n) is 43.2. The van der Waals surface area contributed by atoms with Crippen LogP contribution in [0.15, 0.2) is 146 Å². The van der Waals surface area contributed by atoms with Gasteiger partial charge in [0, 0.05) is 55.7 Å². The minimum atomic E-state index is -0.847. The van der Waals surface area contributed by atoms with E-state index in [1.807, 2.05) is 41.3 Å². The Morgan fingerprint density at radius 3 is 1.23 bits per heavy atom. The molecular formula is C63H67F4N5O5. The summed E-state index contributed by atoms with van der Waals surface area (Å²) in [5.41, 5.74) is 12.3. The lowest BCUT2D eigenvalue weighted by atomic mass is 10.0. The summed E-state index contributed by atoms with van der Waals surface area (Å²) in [5, 5.41) is 5.71. The number of piperidine rings is 2. The number of hydrogen-bond acceptors (Lipinski definition) is 6. The van der Waals surface area contributed by atoms with E-state index >= 15 is 0 Å². The normalized spacial score (nSPS) is 19.2. The topological polar surface area (TPSA) is 142 Å². The maximum Gasteiger partial charge on any atom is 0.251 e. The molecule has 77 heavy (non-hydrogen) atoms. The zero-order chi connectivity index (χ0) is 54.3. The van der Waals surface area contributed by atoms with Crippen LogP contribution in [0.1, 0.15) is 121 Å². The quantitative estimate of drug-likeness (QED) is 0.0651. The summed E-state index contributed by atoms with van der Waals surface area (Å²) >= 11 is 0. The molecule has 4 fully saturated rings. The Bertz CT molecular complexity index is 2890. The van der Waals surface area contributed by atoms with Crippen LogP contribution in [0, 0.1) is 29.2 Å². The summed E-state index contributed by atoms with van der Waals surface area (Å²) in [7, 11) is 0. The van der Waals surface area contributed by atoms with E-state index < -0.39 is 18.0 Å². The molecule has 4 aliphatic rings. The van der Waals surface area contributed by atoms with Crippen LogP contribution in [0.2, 0.25) is 0 Å².